The van der Waals surface area contributed by atoms with E-state index in [-0.39, 0.29) is 17.7 Å². The van der Waals surface area contributed by atoms with Crippen molar-refractivity contribution in [1.29, 1.82) is 0 Å². The van der Waals surface area contributed by atoms with Crippen LogP contribution in [0.15, 0.2) is 42.5 Å². The zero-order chi connectivity index (χ0) is 19.2. The average Bonchev–Trinajstić information content (AvgIpc) is 2.69. The summed E-state index contributed by atoms with van der Waals surface area (Å²) >= 11 is 0. The first kappa shape index (κ1) is 19.5. The van der Waals surface area contributed by atoms with Crippen LogP contribution in [0.25, 0.3) is 11.1 Å². The minimum atomic E-state index is -0.429. The Hall–Kier alpha value is -2.23. The van der Waals surface area contributed by atoms with Crippen LogP contribution in [-0.2, 0) is 9.53 Å². The molecule has 0 amide bonds. The molecule has 4 heteroatoms. The fraction of sp³-hybridized carbons (Fsp3) is 0.435. The highest BCUT2D eigenvalue weighted by molar-refractivity contribution is 5.73. The van der Waals surface area contributed by atoms with Gasteiger partial charge in [-0.05, 0) is 48.6 Å². The van der Waals surface area contributed by atoms with Gasteiger partial charge < -0.3 is 4.74 Å². The van der Waals surface area contributed by atoms with Crippen LogP contribution in [0, 0.1) is 17.6 Å². The second-order valence-electron chi connectivity index (χ2n) is 7.30. The van der Waals surface area contributed by atoms with Crippen molar-refractivity contribution in [2.24, 2.45) is 5.92 Å². The fourth-order valence-corrected chi connectivity index (χ4v) is 3.73. The van der Waals surface area contributed by atoms with E-state index < -0.39 is 11.9 Å². The molecular weight excluding hydrogens is 346 g/mol. The standard InChI is InChI=1S/C23H26F2O2/c1-2-6-22(27-23(26)17-7-4-3-5-8-17)18-11-14-20(21(25)15-18)16-9-12-19(24)13-10-16/h9-15,17,22H,2-8H2,1H3. The molecular formula is C23H26F2O2. The molecule has 0 aromatic heterocycles. The molecule has 3 rings (SSSR count). The molecule has 0 N–H and O–H groups in total. The van der Waals surface area contributed by atoms with E-state index >= 15 is 0 Å². The Bertz CT molecular complexity index is 764. The molecule has 2 aromatic carbocycles. The second-order valence-corrected chi connectivity index (χ2v) is 7.30. The molecule has 0 bridgehead atoms. The number of esters is 1. The van der Waals surface area contributed by atoms with Gasteiger partial charge in [-0.2, -0.15) is 0 Å². The summed E-state index contributed by atoms with van der Waals surface area (Å²) in [6, 6.07) is 10.7. The third kappa shape index (κ3) is 4.94. The van der Waals surface area contributed by atoms with Gasteiger partial charge in [0.2, 0.25) is 0 Å². The van der Waals surface area contributed by atoms with E-state index in [2.05, 4.69) is 0 Å². The maximum Gasteiger partial charge on any atom is 0.309 e. The molecule has 1 saturated carbocycles. The number of halogens is 2. The van der Waals surface area contributed by atoms with Crippen LogP contribution in [-0.4, -0.2) is 5.97 Å². The smallest absolute Gasteiger partial charge is 0.309 e. The number of rotatable bonds is 6. The van der Waals surface area contributed by atoms with E-state index in [1.165, 1.54) is 24.6 Å². The number of carbonyl (C=O) groups excluding carboxylic acids is 1. The number of benzene rings is 2. The first-order chi connectivity index (χ1) is 13.1. The summed E-state index contributed by atoms with van der Waals surface area (Å²) < 4.78 is 33.6. The highest BCUT2D eigenvalue weighted by Gasteiger charge is 2.26. The summed E-state index contributed by atoms with van der Waals surface area (Å²) in [7, 11) is 0. The van der Waals surface area contributed by atoms with Crippen molar-refractivity contribution in [3.63, 3.8) is 0 Å². The highest BCUT2D eigenvalue weighted by atomic mass is 19.1. The Labute approximate surface area is 159 Å². The summed E-state index contributed by atoms with van der Waals surface area (Å²) in [4.78, 5) is 12.5. The summed E-state index contributed by atoms with van der Waals surface area (Å²) in [5.74, 6) is -0.931. The van der Waals surface area contributed by atoms with Crippen LogP contribution in [0.5, 0.6) is 0 Å². The van der Waals surface area contributed by atoms with Gasteiger partial charge in [-0.3, -0.25) is 4.79 Å². The van der Waals surface area contributed by atoms with E-state index in [9.17, 15) is 13.6 Å². The molecule has 1 aliphatic carbocycles. The Morgan fingerprint density at radius 2 is 1.78 bits per heavy atom. The molecule has 0 radical (unpaired) electrons. The topological polar surface area (TPSA) is 26.3 Å². The predicted molar refractivity (Wildman–Crippen MR) is 102 cm³/mol. The second kappa shape index (κ2) is 9.12. The molecule has 1 fully saturated rings. The monoisotopic (exact) mass is 372 g/mol. The van der Waals surface area contributed by atoms with Gasteiger partial charge in [0.25, 0.3) is 0 Å². The lowest BCUT2D eigenvalue weighted by Crippen LogP contribution is -2.22. The minimum Gasteiger partial charge on any atom is -0.457 e. The Balaban J connectivity index is 1.77. The lowest BCUT2D eigenvalue weighted by atomic mass is 9.89. The molecule has 1 unspecified atom stereocenters. The van der Waals surface area contributed by atoms with Gasteiger partial charge in [0.15, 0.2) is 0 Å². The number of hydrogen-bond acceptors (Lipinski definition) is 2. The molecule has 0 aliphatic heterocycles. The molecule has 27 heavy (non-hydrogen) atoms. The molecule has 0 spiro atoms. The van der Waals surface area contributed by atoms with Gasteiger partial charge in [0, 0.05) is 5.56 Å². The van der Waals surface area contributed by atoms with E-state index in [0.717, 1.165) is 32.1 Å². The van der Waals surface area contributed by atoms with Gasteiger partial charge in [-0.15, -0.1) is 0 Å². The minimum absolute atomic E-state index is 0.0264. The van der Waals surface area contributed by atoms with Crippen molar-refractivity contribution in [1.82, 2.24) is 0 Å². The number of hydrogen-bond donors (Lipinski definition) is 0. The van der Waals surface area contributed by atoms with Crippen LogP contribution < -0.4 is 0 Å². The van der Waals surface area contributed by atoms with Crippen LogP contribution in [0.2, 0.25) is 0 Å². The van der Waals surface area contributed by atoms with E-state index in [0.29, 0.717) is 23.1 Å². The maximum atomic E-state index is 14.7. The summed E-state index contributed by atoms with van der Waals surface area (Å²) in [6.07, 6.45) is 6.15. The quantitative estimate of drug-likeness (QED) is 0.534. The zero-order valence-electron chi connectivity index (χ0n) is 15.7. The number of carbonyl (C=O) groups is 1. The van der Waals surface area contributed by atoms with Crippen LogP contribution in [0.4, 0.5) is 8.78 Å². The van der Waals surface area contributed by atoms with Crippen molar-refractivity contribution >= 4 is 5.97 Å². The largest absolute Gasteiger partial charge is 0.457 e. The van der Waals surface area contributed by atoms with Crippen molar-refractivity contribution in [3.05, 3.63) is 59.7 Å². The number of ether oxygens (including phenoxy) is 1. The molecule has 1 atom stereocenters. The third-order valence-electron chi connectivity index (χ3n) is 5.27. The summed E-state index contributed by atoms with van der Waals surface area (Å²) in [5, 5.41) is 0. The SMILES string of the molecule is CCCC(OC(=O)C1CCCCC1)c1ccc(-c2ccc(F)cc2)c(F)c1. The van der Waals surface area contributed by atoms with Gasteiger partial charge in [-0.25, -0.2) is 8.78 Å². The lowest BCUT2D eigenvalue weighted by molar-refractivity contribution is -0.156. The maximum absolute atomic E-state index is 14.7. The Morgan fingerprint density at radius 3 is 2.41 bits per heavy atom. The van der Waals surface area contributed by atoms with Crippen LogP contribution in [0.1, 0.15) is 63.5 Å². The van der Waals surface area contributed by atoms with Gasteiger partial charge in [0.1, 0.15) is 17.7 Å². The van der Waals surface area contributed by atoms with Gasteiger partial charge >= 0.3 is 5.97 Å². The zero-order valence-corrected chi connectivity index (χ0v) is 15.7. The van der Waals surface area contributed by atoms with Crippen molar-refractivity contribution < 1.29 is 18.3 Å². The van der Waals surface area contributed by atoms with Gasteiger partial charge in [-0.1, -0.05) is 56.9 Å². The summed E-state index contributed by atoms with van der Waals surface area (Å²) in [6.45, 7) is 2.02. The fourth-order valence-electron chi connectivity index (χ4n) is 3.73. The van der Waals surface area contributed by atoms with E-state index in [4.69, 9.17) is 4.74 Å². The molecule has 2 aromatic rings. The summed E-state index contributed by atoms with van der Waals surface area (Å²) in [5.41, 5.74) is 1.70. The third-order valence-corrected chi connectivity index (χ3v) is 5.27. The van der Waals surface area contributed by atoms with Crippen LogP contribution in [0.3, 0.4) is 0 Å². The molecule has 0 saturated heterocycles. The van der Waals surface area contributed by atoms with E-state index in [1.54, 1.807) is 24.3 Å². The average molecular weight is 372 g/mol. The molecule has 144 valence electrons. The predicted octanol–water partition coefficient (Wildman–Crippen LogP) is 6.60. The van der Waals surface area contributed by atoms with E-state index in [1.807, 2.05) is 6.92 Å². The molecule has 1 aliphatic rings. The lowest BCUT2D eigenvalue weighted by Gasteiger charge is -2.24. The van der Waals surface area contributed by atoms with Crippen molar-refractivity contribution in [3.8, 4) is 11.1 Å². The van der Waals surface area contributed by atoms with Gasteiger partial charge in [0.05, 0.1) is 5.92 Å². The highest BCUT2D eigenvalue weighted by Crippen LogP contribution is 2.32. The molecule has 2 nitrogen and oxygen atoms in total. The molecule has 0 heterocycles. The normalized spacial score (nSPS) is 16.1. The first-order valence-corrected chi connectivity index (χ1v) is 9.84. The Morgan fingerprint density at radius 1 is 1.07 bits per heavy atom. The van der Waals surface area contributed by atoms with Crippen molar-refractivity contribution in [2.45, 2.75) is 58.0 Å². The first-order valence-electron chi connectivity index (χ1n) is 9.84. The van der Waals surface area contributed by atoms with Crippen molar-refractivity contribution in [2.75, 3.05) is 0 Å². The Kier molecular flexibility index (Phi) is 6.59. The van der Waals surface area contributed by atoms with Crippen LogP contribution >= 0.6 is 0 Å².